The predicted octanol–water partition coefficient (Wildman–Crippen LogP) is 3.65. The molecule has 1 aromatic carbocycles. The number of aromatic nitrogens is 1. The number of aliphatic carboxylic acids is 1. The molecule has 210 valence electrons. The number of hydrogen-bond acceptors (Lipinski definition) is 6. The highest BCUT2D eigenvalue weighted by Crippen LogP contribution is 2.44. The number of likely N-dealkylation sites (tertiary alicyclic amines) is 1. The monoisotopic (exact) mass is 535 g/mol. The third-order valence-electron chi connectivity index (χ3n) is 8.12. The normalized spacial score (nSPS) is 20.1. The Morgan fingerprint density at radius 3 is 2.72 bits per heavy atom. The van der Waals surface area contributed by atoms with E-state index in [4.69, 9.17) is 9.72 Å². The van der Waals surface area contributed by atoms with E-state index in [2.05, 4.69) is 27.7 Å². The van der Waals surface area contributed by atoms with Crippen molar-refractivity contribution in [2.24, 2.45) is 11.8 Å². The van der Waals surface area contributed by atoms with Crippen molar-refractivity contribution in [3.05, 3.63) is 53.7 Å². The van der Waals surface area contributed by atoms with E-state index in [1.807, 2.05) is 30.3 Å². The molecule has 9 nitrogen and oxygen atoms in total. The van der Waals surface area contributed by atoms with Crippen LogP contribution in [0.3, 0.4) is 0 Å². The summed E-state index contributed by atoms with van der Waals surface area (Å²) in [5, 5.41) is 16.0. The second-order valence-corrected chi connectivity index (χ2v) is 11.1. The van der Waals surface area contributed by atoms with Crippen LogP contribution in [0.25, 0.3) is 0 Å². The van der Waals surface area contributed by atoms with E-state index in [-0.39, 0.29) is 6.03 Å². The lowest BCUT2D eigenvalue weighted by Crippen LogP contribution is -2.49. The van der Waals surface area contributed by atoms with Crippen molar-refractivity contribution in [3.63, 3.8) is 0 Å². The summed E-state index contributed by atoms with van der Waals surface area (Å²) in [6, 6.07) is 12.9. The number of carboxylic acid groups (broad SMARTS) is 1. The number of nitrogens with one attached hydrogen (secondary N) is 2. The van der Waals surface area contributed by atoms with E-state index in [0.29, 0.717) is 38.0 Å². The maximum atomic E-state index is 12.6. The number of pyridine rings is 1. The zero-order valence-electron chi connectivity index (χ0n) is 22.7. The molecular formula is C30H41N5O4. The fourth-order valence-corrected chi connectivity index (χ4v) is 5.67. The van der Waals surface area contributed by atoms with Crippen LogP contribution in [-0.2, 0) is 17.6 Å². The summed E-state index contributed by atoms with van der Waals surface area (Å²) >= 11 is 0. The van der Waals surface area contributed by atoms with Crippen molar-refractivity contribution in [1.82, 2.24) is 20.1 Å². The number of nitrogens with zero attached hydrogens (tertiary/aromatic N) is 3. The Bertz CT molecular complexity index is 1100. The molecule has 1 aliphatic carbocycles. The molecule has 1 saturated carbocycles. The Labute approximate surface area is 230 Å². The SMILES string of the molecule is O=C(O)[C@H](CCN(CCCCc1ccc2c(n1)NCCC2)CCOc1ccccc1)NC(=O)N1C[C@H]2C[C@H]2C1. The van der Waals surface area contributed by atoms with E-state index in [0.717, 1.165) is 75.5 Å². The molecule has 0 unspecified atom stereocenters. The molecular weight excluding hydrogens is 494 g/mol. The molecule has 3 heterocycles. The third-order valence-corrected chi connectivity index (χ3v) is 8.12. The lowest BCUT2D eigenvalue weighted by molar-refractivity contribution is -0.139. The number of ether oxygens (including phenoxy) is 1. The van der Waals surface area contributed by atoms with Crippen LogP contribution in [0, 0.1) is 11.8 Å². The number of carbonyl (C=O) groups is 2. The van der Waals surface area contributed by atoms with Crippen LogP contribution in [0.5, 0.6) is 5.75 Å². The van der Waals surface area contributed by atoms with Gasteiger partial charge in [-0.3, -0.25) is 4.90 Å². The van der Waals surface area contributed by atoms with E-state index in [9.17, 15) is 14.7 Å². The van der Waals surface area contributed by atoms with Crippen LogP contribution in [0.1, 0.15) is 43.4 Å². The van der Waals surface area contributed by atoms with Gasteiger partial charge in [-0.2, -0.15) is 0 Å². The van der Waals surface area contributed by atoms with E-state index >= 15 is 0 Å². The number of hydrogen-bond donors (Lipinski definition) is 3. The van der Waals surface area contributed by atoms with Gasteiger partial charge in [-0.1, -0.05) is 24.3 Å². The molecule has 5 rings (SSSR count). The molecule has 2 amide bonds. The average Bonchev–Trinajstić information content (AvgIpc) is 3.57. The van der Waals surface area contributed by atoms with Gasteiger partial charge in [-0.15, -0.1) is 0 Å². The van der Waals surface area contributed by atoms with Crippen molar-refractivity contribution in [2.45, 2.75) is 51.0 Å². The summed E-state index contributed by atoms with van der Waals surface area (Å²) in [7, 11) is 0. The van der Waals surface area contributed by atoms with Gasteiger partial charge in [0.2, 0.25) is 0 Å². The van der Waals surface area contributed by atoms with Crippen molar-refractivity contribution in [2.75, 3.05) is 51.2 Å². The molecule has 0 radical (unpaired) electrons. The van der Waals surface area contributed by atoms with Gasteiger partial charge in [0.25, 0.3) is 0 Å². The molecule has 2 aliphatic heterocycles. The van der Waals surface area contributed by atoms with Crippen molar-refractivity contribution < 1.29 is 19.4 Å². The summed E-state index contributed by atoms with van der Waals surface area (Å²) in [4.78, 5) is 33.4. The molecule has 39 heavy (non-hydrogen) atoms. The number of benzene rings is 1. The fourth-order valence-electron chi connectivity index (χ4n) is 5.67. The average molecular weight is 536 g/mol. The van der Waals surface area contributed by atoms with Crippen LogP contribution < -0.4 is 15.4 Å². The van der Waals surface area contributed by atoms with Crippen LogP contribution in [0.4, 0.5) is 10.6 Å². The number of aryl methyl sites for hydroxylation is 2. The molecule has 1 saturated heterocycles. The zero-order chi connectivity index (χ0) is 27.0. The van der Waals surface area contributed by atoms with E-state index < -0.39 is 12.0 Å². The van der Waals surface area contributed by atoms with Crippen LogP contribution in [0.15, 0.2) is 42.5 Å². The minimum Gasteiger partial charge on any atom is -0.492 e. The summed E-state index contributed by atoms with van der Waals surface area (Å²) in [5.74, 6) is 2.11. The number of anilines is 1. The molecule has 9 heteroatoms. The number of carboxylic acids is 1. The number of fused-ring (bicyclic) bond motifs is 2. The maximum Gasteiger partial charge on any atom is 0.326 e. The first kappa shape index (κ1) is 27.2. The lowest BCUT2D eigenvalue weighted by Gasteiger charge is -2.26. The first-order valence-electron chi connectivity index (χ1n) is 14.5. The van der Waals surface area contributed by atoms with Crippen LogP contribution in [0.2, 0.25) is 0 Å². The summed E-state index contributed by atoms with van der Waals surface area (Å²) in [6.45, 7) is 5.09. The summed E-state index contributed by atoms with van der Waals surface area (Å²) in [6.07, 6.45) is 6.68. The molecule has 0 bridgehead atoms. The summed E-state index contributed by atoms with van der Waals surface area (Å²) in [5.41, 5.74) is 2.41. The maximum absolute atomic E-state index is 12.6. The van der Waals surface area contributed by atoms with Gasteiger partial charge < -0.3 is 25.4 Å². The number of para-hydroxylation sites is 1. The first-order valence-corrected chi connectivity index (χ1v) is 14.5. The largest absolute Gasteiger partial charge is 0.492 e. The van der Waals surface area contributed by atoms with Crippen molar-refractivity contribution in [3.8, 4) is 5.75 Å². The van der Waals surface area contributed by atoms with Gasteiger partial charge in [-0.25, -0.2) is 14.6 Å². The van der Waals surface area contributed by atoms with Gasteiger partial charge in [0, 0.05) is 38.4 Å². The van der Waals surface area contributed by atoms with Crippen LogP contribution >= 0.6 is 0 Å². The Morgan fingerprint density at radius 1 is 1.10 bits per heavy atom. The second kappa shape index (κ2) is 13.2. The number of urea groups is 1. The third kappa shape index (κ3) is 7.85. The first-order chi connectivity index (χ1) is 19.0. The molecule has 1 aromatic heterocycles. The summed E-state index contributed by atoms with van der Waals surface area (Å²) < 4.78 is 5.91. The standard InChI is InChI=1S/C30H41N5O4/c36-29(37)27(33-30(38)35-20-23-19-24(23)21-35)13-16-34(17-18-39-26-9-2-1-3-10-26)15-5-4-8-25-12-11-22-7-6-14-31-28(22)32-25/h1-3,9-12,23-24,27H,4-8,13-21H2,(H,31,32)(H,33,38)(H,36,37)/t23-,24+,27-/m0/s1. The number of carbonyl (C=O) groups excluding carboxylic acids is 1. The second-order valence-electron chi connectivity index (χ2n) is 11.1. The Hall–Kier alpha value is -3.33. The molecule has 0 spiro atoms. The Kier molecular flexibility index (Phi) is 9.19. The van der Waals surface area contributed by atoms with E-state index in [1.54, 1.807) is 4.90 Å². The van der Waals surface area contributed by atoms with Gasteiger partial charge in [-0.05, 0) is 87.1 Å². The lowest BCUT2D eigenvalue weighted by atomic mass is 10.1. The minimum atomic E-state index is -0.986. The van der Waals surface area contributed by atoms with Gasteiger partial charge in [0.05, 0.1) is 0 Å². The Morgan fingerprint density at radius 2 is 1.92 bits per heavy atom. The van der Waals surface area contributed by atoms with Gasteiger partial charge >= 0.3 is 12.0 Å². The van der Waals surface area contributed by atoms with E-state index in [1.165, 1.54) is 12.0 Å². The van der Waals surface area contributed by atoms with Crippen molar-refractivity contribution in [1.29, 1.82) is 0 Å². The fraction of sp³-hybridized carbons (Fsp3) is 0.567. The molecule has 2 fully saturated rings. The molecule has 3 aliphatic rings. The van der Waals surface area contributed by atoms with Gasteiger partial charge in [0.15, 0.2) is 0 Å². The molecule has 2 aromatic rings. The minimum absolute atomic E-state index is 0.249. The quantitative estimate of drug-likeness (QED) is 0.317. The van der Waals surface area contributed by atoms with Gasteiger partial charge in [0.1, 0.15) is 24.2 Å². The number of rotatable bonds is 14. The number of piperidine rings is 1. The highest BCUT2D eigenvalue weighted by Gasteiger charge is 2.46. The van der Waals surface area contributed by atoms with Crippen molar-refractivity contribution >= 4 is 17.8 Å². The smallest absolute Gasteiger partial charge is 0.326 e. The Balaban J connectivity index is 1.10. The predicted molar refractivity (Wildman–Crippen MR) is 150 cm³/mol. The number of amides is 2. The molecule has 3 atom stereocenters. The highest BCUT2D eigenvalue weighted by atomic mass is 16.5. The molecule has 3 N–H and O–H groups in total. The highest BCUT2D eigenvalue weighted by molar-refractivity contribution is 5.82. The number of unbranched alkanes of at least 4 members (excludes halogenated alkanes) is 1. The topological polar surface area (TPSA) is 107 Å². The van der Waals surface area contributed by atoms with Crippen LogP contribution in [-0.4, -0.2) is 83.8 Å². The zero-order valence-corrected chi connectivity index (χ0v) is 22.7.